The number of Topliss-reactive ketones (excluding diaryl/α,β-unsaturated/α-hetero) is 1. The van der Waals surface area contributed by atoms with Crippen LogP contribution in [0.4, 0.5) is 8.78 Å². The lowest BCUT2D eigenvalue weighted by Crippen LogP contribution is -2.30. The summed E-state index contributed by atoms with van der Waals surface area (Å²) < 4.78 is 26.0. The molecule has 0 N–H and O–H groups in total. The van der Waals surface area contributed by atoms with Gasteiger partial charge in [0.25, 0.3) is 5.91 Å². The van der Waals surface area contributed by atoms with Crippen molar-refractivity contribution in [3.63, 3.8) is 0 Å². The smallest absolute Gasteiger partial charge is 0.254 e. The number of benzene rings is 2. The molecule has 0 spiro atoms. The molecule has 1 amide bonds. The first-order chi connectivity index (χ1) is 10.1. The number of halogens is 2. The van der Waals surface area contributed by atoms with E-state index < -0.39 is 17.4 Å². The first-order valence-corrected chi connectivity index (χ1v) is 6.41. The molecule has 106 valence electrons. The summed E-state index contributed by atoms with van der Waals surface area (Å²) >= 11 is 0. The molecule has 0 fully saturated rings. The highest BCUT2D eigenvalue weighted by Crippen LogP contribution is 2.22. The van der Waals surface area contributed by atoms with Crippen LogP contribution in [0.1, 0.15) is 26.3 Å². The van der Waals surface area contributed by atoms with E-state index in [2.05, 4.69) is 0 Å². The maximum absolute atomic E-state index is 13.1. The van der Waals surface area contributed by atoms with Crippen molar-refractivity contribution in [2.45, 2.75) is 6.54 Å². The van der Waals surface area contributed by atoms with E-state index in [4.69, 9.17) is 0 Å². The van der Waals surface area contributed by atoms with Gasteiger partial charge in [-0.25, -0.2) is 8.78 Å². The van der Waals surface area contributed by atoms with Crippen molar-refractivity contribution in [2.24, 2.45) is 0 Å². The molecule has 2 aromatic carbocycles. The van der Waals surface area contributed by atoms with Crippen molar-refractivity contribution >= 4 is 11.7 Å². The van der Waals surface area contributed by atoms with E-state index in [0.717, 1.165) is 17.7 Å². The Hall–Kier alpha value is -2.56. The maximum atomic E-state index is 13.1. The summed E-state index contributed by atoms with van der Waals surface area (Å²) in [6.45, 7) is 0.197. The lowest BCUT2D eigenvalue weighted by Gasteiger charge is -2.14. The first-order valence-electron chi connectivity index (χ1n) is 6.41. The standard InChI is InChI=1S/C16H11F2NO2/c17-13-6-5-10(7-14(13)18)15(20)9-19-8-11-3-1-2-4-12(11)16(19)21/h1-7H,8-9H2. The lowest BCUT2D eigenvalue weighted by atomic mass is 10.1. The normalized spacial score (nSPS) is 13.4. The van der Waals surface area contributed by atoms with Crippen molar-refractivity contribution < 1.29 is 18.4 Å². The molecule has 0 atom stereocenters. The van der Waals surface area contributed by atoms with Gasteiger partial charge in [0.2, 0.25) is 0 Å². The number of carbonyl (C=O) groups is 2. The molecule has 5 heteroatoms. The van der Waals surface area contributed by atoms with E-state index in [1.54, 1.807) is 12.1 Å². The number of carbonyl (C=O) groups excluding carboxylic acids is 2. The molecule has 0 radical (unpaired) electrons. The summed E-state index contributed by atoms with van der Waals surface area (Å²) in [5, 5.41) is 0. The van der Waals surface area contributed by atoms with E-state index in [1.807, 2.05) is 12.1 Å². The topological polar surface area (TPSA) is 37.4 Å². The third-order valence-electron chi connectivity index (χ3n) is 3.47. The molecule has 1 aliphatic rings. The van der Waals surface area contributed by atoms with Crippen LogP contribution in [0.3, 0.4) is 0 Å². The van der Waals surface area contributed by atoms with Gasteiger partial charge in [0, 0.05) is 17.7 Å². The number of rotatable bonds is 3. The Kier molecular flexibility index (Phi) is 3.25. The summed E-state index contributed by atoms with van der Waals surface area (Å²) in [6.07, 6.45) is 0. The highest BCUT2D eigenvalue weighted by Gasteiger charge is 2.28. The van der Waals surface area contributed by atoms with Crippen molar-refractivity contribution in [3.05, 3.63) is 70.8 Å². The molecule has 0 saturated carbocycles. The Morgan fingerprint density at radius 3 is 2.57 bits per heavy atom. The predicted molar refractivity (Wildman–Crippen MR) is 71.9 cm³/mol. The minimum atomic E-state index is -1.07. The number of ketones is 1. The summed E-state index contributed by atoms with van der Waals surface area (Å²) in [5.41, 5.74) is 1.49. The van der Waals surface area contributed by atoms with E-state index >= 15 is 0 Å². The first kappa shape index (κ1) is 13.4. The van der Waals surface area contributed by atoms with E-state index in [9.17, 15) is 18.4 Å². The number of amides is 1. The van der Waals surface area contributed by atoms with Crippen LogP contribution in [0.2, 0.25) is 0 Å². The zero-order chi connectivity index (χ0) is 15.0. The quantitative estimate of drug-likeness (QED) is 0.814. The second-order valence-corrected chi connectivity index (χ2v) is 4.87. The summed E-state index contributed by atoms with van der Waals surface area (Å²) in [5.74, 6) is -2.72. The number of hydrogen-bond acceptors (Lipinski definition) is 2. The zero-order valence-electron chi connectivity index (χ0n) is 11.0. The minimum absolute atomic E-state index is 0.0534. The van der Waals surface area contributed by atoms with E-state index in [-0.39, 0.29) is 18.0 Å². The van der Waals surface area contributed by atoms with Crippen LogP contribution >= 0.6 is 0 Å². The fourth-order valence-electron chi connectivity index (χ4n) is 2.38. The van der Waals surface area contributed by atoms with Gasteiger partial charge in [-0.2, -0.15) is 0 Å². The van der Waals surface area contributed by atoms with Crippen molar-refractivity contribution in [2.75, 3.05) is 6.54 Å². The molecule has 1 aliphatic heterocycles. The van der Waals surface area contributed by atoms with Crippen LogP contribution in [0.25, 0.3) is 0 Å². The molecule has 3 nitrogen and oxygen atoms in total. The Morgan fingerprint density at radius 2 is 1.86 bits per heavy atom. The fourth-order valence-corrected chi connectivity index (χ4v) is 2.38. The van der Waals surface area contributed by atoms with Gasteiger partial charge >= 0.3 is 0 Å². The van der Waals surface area contributed by atoms with Crippen LogP contribution in [-0.4, -0.2) is 23.1 Å². The Bertz CT molecular complexity index is 743. The average Bonchev–Trinajstić information content (AvgIpc) is 2.79. The second kappa shape index (κ2) is 5.09. The SMILES string of the molecule is O=C(CN1Cc2ccccc2C1=O)c1ccc(F)c(F)c1. The molecule has 2 aromatic rings. The molecular weight excluding hydrogens is 276 g/mol. The van der Waals surface area contributed by atoms with Gasteiger partial charge in [-0.1, -0.05) is 18.2 Å². The molecule has 0 unspecified atom stereocenters. The number of fused-ring (bicyclic) bond motifs is 1. The van der Waals surface area contributed by atoms with Gasteiger partial charge in [-0.15, -0.1) is 0 Å². The maximum Gasteiger partial charge on any atom is 0.254 e. The molecule has 0 aliphatic carbocycles. The highest BCUT2D eigenvalue weighted by atomic mass is 19.2. The molecule has 0 bridgehead atoms. The number of nitrogens with zero attached hydrogens (tertiary/aromatic N) is 1. The summed E-state index contributed by atoms with van der Waals surface area (Å²) in [6, 6.07) is 10.1. The second-order valence-electron chi connectivity index (χ2n) is 4.87. The van der Waals surface area contributed by atoms with Crippen LogP contribution in [0.5, 0.6) is 0 Å². The monoisotopic (exact) mass is 287 g/mol. The highest BCUT2D eigenvalue weighted by molar-refractivity contribution is 6.04. The summed E-state index contributed by atoms with van der Waals surface area (Å²) in [4.78, 5) is 25.6. The zero-order valence-corrected chi connectivity index (χ0v) is 11.0. The van der Waals surface area contributed by atoms with Gasteiger partial charge in [0.15, 0.2) is 17.4 Å². The predicted octanol–water partition coefficient (Wildman–Crippen LogP) is 2.80. The minimum Gasteiger partial charge on any atom is -0.327 e. The Morgan fingerprint density at radius 1 is 1.10 bits per heavy atom. The van der Waals surface area contributed by atoms with Gasteiger partial charge in [-0.05, 0) is 29.8 Å². The molecule has 0 saturated heterocycles. The Labute approximate surface area is 119 Å². The van der Waals surface area contributed by atoms with E-state index in [1.165, 1.54) is 11.0 Å². The Balaban J connectivity index is 1.77. The molecule has 3 rings (SSSR count). The van der Waals surface area contributed by atoms with Crippen molar-refractivity contribution in [1.82, 2.24) is 4.90 Å². The fraction of sp³-hybridized carbons (Fsp3) is 0.125. The van der Waals surface area contributed by atoms with Crippen molar-refractivity contribution in [1.29, 1.82) is 0 Å². The van der Waals surface area contributed by atoms with Crippen molar-refractivity contribution in [3.8, 4) is 0 Å². The van der Waals surface area contributed by atoms with E-state index in [0.29, 0.717) is 12.1 Å². The van der Waals surface area contributed by atoms with Crippen LogP contribution in [0.15, 0.2) is 42.5 Å². The van der Waals surface area contributed by atoms with Gasteiger partial charge in [-0.3, -0.25) is 9.59 Å². The van der Waals surface area contributed by atoms with Gasteiger partial charge in [0.1, 0.15) is 0 Å². The lowest BCUT2D eigenvalue weighted by molar-refractivity contribution is 0.0728. The largest absolute Gasteiger partial charge is 0.327 e. The molecule has 1 heterocycles. The number of hydrogen-bond donors (Lipinski definition) is 0. The summed E-state index contributed by atoms with van der Waals surface area (Å²) in [7, 11) is 0. The molecule has 0 aromatic heterocycles. The third-order valence-corrected chi connectivity index (χ3v) is 3.47. The van der Waals surface area contributed by atoms with Crippen LogP contribution in [-0.2, 0) is 6.54 Å². The van der Waals surface area contributed by atoms with Crippen LogP contribution < -0.4 is 0 Å². The third kappa shape index (κ3) is 2.42. The van der Waals surface area contributed by atoms with Gasteiger partial charge < -0.3 is 4.90 Å². The average molecular weight is 287 g/mol. The molecular formula is C16H11F2NO2. The van der Waals surface area contributed by atoms with Gasteiger partial charge in [0.05, 0.1) is 6.54 Å². The molecule has 21 heavy (non-hydrogen) atoms. The van der Waals surface area contributed by atoms with Crippen LogP contribution in [0, 0.1) is 11.6 Å².